The molecule has 6 heteroatoms. The topological polar surface area (TPSA) is 54.9 Å². The number of pyridine rings is 1. The van der Waals surface area contributed by atoms with Gasteiger partial charge in [-0.05, 0) is 36.9 Å². The largest absolute Gasteiger partial charge is 0.298 e. The van der Waals surface area contributed by atoms with Crippen molar-refractivity contribution in [3.63, 3.8) is 0 Å². The number of thiazole rings is 1. The molecule has 0 aliphatic heterocycles. The normalized spacial score (nSPS) is 11.0. The molecule has 1 N–H and O–H groups in total. The number of nitrogens with one attached hydrogen (secondary N) is 1. The summed E-state index contributed by atoms with van der Waals surface area (Å²) >= 11 is 3.06. The summed E-state index contributed by atoms with van der Waals surface area (Å²) in [6.07, 6.45) is 0. The van der Waals surface area contributed by atoms with Gasteiger partial charge in [0.2, 0.25) is 0 Å². The molecule has 152 valence electrons. The smallest absolute Gasteiger partial charge is 0.258 e. The van der Waals surface area contributed by atoms with Crippen molar-refractivity contribution in [2.75, 3.05) is 5.32 Å². The van der Waals surface area contributed by atoms with Crippen molar-refractivity contribution in [3.05, 3.63) is 88.1 Å². The standard InChI is InChI=1S/C25H19N3OS2/c1-15-9-11-17(12-10-15)23-16(2)22(18-6-3-4-7-19(18)26-23)24(29)28-25-27-20(14-31-25)21-8-5-13-30-21/h3-14H,1-2H3,(H,27,28,29). The molecule has 0 unspecified atom stereocenters. The predicted molar refractivity (Wildman–Crippen MR) is 130 cm³/mol. The second-order valence-corrected chi connectivity index (χ2v) is 9.12. The number of para-hydroxylation sites is 1. The Bertz CT molecular complexity index is 1390. The summed E-state index contributed by atoms with van der Waals surface area (Å²) < 4.78 is 0. The quantitative estimate of drug-likeness (QED) is 0.328. The van der Waals surface area contributed by atoms with E-state index >= 15 is 0 Å². The van der Waals surface area contributed by atoms with E-state index in [0.29, 0.717) is 10.7 Å². The highest BCUT2D eigenvalue weighted by Crippen LogP contribution is 2.32. The summed E-state index contributed by atoms with van der Waals surface area (Å²) in [5, 5.41) is 8.42. The van der Waals surface area contributed by atoms with Gasteiger partial charge in [-0.3, -0.25) is 10.1 Å². The van der Waals surface area contributed by atoms with Gasteiger partial charge in [-0.25, -0.2) is 9.97 Å². The Labute approximate surface area is 188 Å². The summed E-state index contributed by atoms with van der Waals surface area (Å²) in [6, 6.07) is 20.0. The fourth-order valence-corrected chi connectivity index (χ4v) is 5.09. The van der Waals surface area contributed by atoms with E-state index in [-0.39, 0.29) is 5.91 Å². The predicted octanol–water partition coefficient (Wildman–Crippen LogP) is 6.96. The van der Waals surface area contributed by atoms with Crippen LogP contribution in [0.2, 0.25) is 0 Å². The van der Waals surface area contributed by atoms with Gasteiger partial charge in [-0.15, -0.1) is 22.7 Å². The lowest BCUT2D eigenvalue weighted by Gasteiger charge is -2.14. The lowest BCUT2D eigenvalue weighted by Crippen LogP contribution is -2.15. The van der Waals surface area contributed by atoms with Crippen molar-refractivity contribution in [1.29, 1.82) is 0 Å². The molecule has 0 aliphatic rings. The molecule has 0 bridgehead atoms. The number of carbonyl (C=O) groups excluding carboxylic acids is 1. The summed E-state index contributed by atoms with van der Waals surface area (Å²) in [7, 11) is 0. The number of hydrogen-bond acceptors (Lipinski definition) is 5. The lowest BCUT2D eigenvalue weighted by molar-refractivity contribution is 0.102. The maximum Gasteiger partial charge on any atom is 0.258 e. The van der Waals surface area contributed by atoms with Crippen LogP contribution in [0.15, 0.2) is 71.4 Å². The fraction of sp³-hybridized carbons (Fsp3) is 0.0800. The van der Waals surface area contributed by atoms with Crippen LogP contribution in [-0.2, 0) is 0 Å². The van der Waals surface area contributed by atoms with Gasteiger partial charge in [0.1, 0.15) is 0 Å². The van der Waals surface area contributed by atoms with E-state index in [2.05, 4.69) is 41.5 Å². The van der Waals surface area contributed by atoms with Crippen LogP contribution in [0.25, 0.3) is 32.7 Å². The number of benzene rings is 2. The van der Waals surface area contributed by atoms with Crippen LogP contribution < -0.4 is 5.32 Å². The number of aryl methyl sites for hydroxylation is 1. The number of thiophene rings is 1. The molecule has 4 nitrogen and oxygen atoms in total. The second kappa shape index (κ2) is 8.06. The van der Waals surface area contributed by atoms with Gasteiger partial charge in [0, 0.05) is 16.3 Å². The van der Waals surface area contributed by atoms with Gasteiger partial charge in [0.25, 0.3) is 5.91 Å². The second-order valence-electron chi connectivity index (χ2n) is 7.31. The first kappa shape index (κ1) is 19.6. The molecular formula is C25H19N3OS2. The molecule has 3 aromatic heterocycles. The molecule has 0 radical (unpaired) electrons. The molecule has 31 heavy (non-hydrogen) atoms. The lowest BCUT2D eigenvalue weighted by atomic mass is 9.97. The molecule has 3 heterocycles. The Morgan fingerprint density at radius 2 is 1.71 bits per heavy atom. The van der Waals surface area contributed by atoms with Crippen LogP contribution in [0.1, 0.15) is 21.5 Å². The highest BCUT2D eigenvalue weighted by atomic mass is 32.1. The third-order valence-corrected chi connectivity index (χ3v) is 6.84. The number of carbonyl (C=O) groups is 1. The molecule has 5 aromatic rings. The zero-order valence-corrected chi connectivity index (χ0v) is 18.7. The minimum absolute atomic E-state index is 0.170. The number of aromatic nitrogens is 2. The van der Waals surface area contributed by atoms with Crippen LogP contribution in [-0.4, -0.2) is 15.9 Å². The van der Waals surface area contributed by atoms with Crippen LogP contribution in [0, 0.1) is 13.8 Å². The monoisotopic (exact) mass is 441 g/mol. The van der Waals surface area contributed by atoms with Crippen molar-refractivity contribution < 1.29 is 4.79 Å². The number of nitrogens with zero attached hydrogens (tertiary/aromatic N) is 2. The van der Waals surface area contributed by atoms with E-state index in [1.54, 1.807) is 11.3 Å². The zero-order chi connectivity index (χ0) is 21.4. The Morgan fingerprint density at radius 3 is 2.48 bits per heavy atom. The number of amides is 1. The Balaban J connectivity index is 1.57. The van der Waals surface area contributed by atoms with E-state index in [1.807, 2.05) is 54.1 Å². The first-order valence-corrected chi connectivity index (χ1v) is 11.6. The summed E-state index contributed by atoms with van der Waals surface area (Å²) in [5.41, 5.74) is 6.17. The fourth-order valence-electron chi connectivity index (χ4n) is 3.62. The highest BCUT2D eigenvalue weighted by molar-refractivity contribution is 7.16. The molecule has 0 aliphatic carbocycles. The Morgan fingerprint density at radius 1 is 0.903 bits per heavy atom. The first-order valence-electron chi connectivity index (χ1n) is 9.87. The molecular weight excluding hydrogens is 422 g/mol. The molecule has 5 rings (SSSR count). The first-order chi connectivity index (χ1) is 15.1. The highest BCUT2D eigenvalue weighted by Gasteiger charge is 2.20. The third-order valence-electron chi connectivity index (χ3n) is 5.19. The van der Waals surface area contributed by atoms with E-state index in [9.17, 15) is 4.79 Å². The van der Waals surface area contributed by atoms with Crippen molar-refractivity contribution in [2.24, 2.45) is 0 Å². The Kier molecular flexibility index (Phi) is 5.10. The number of hydrogen-bond donors (Lipinski definition) is 1. The number of fused-ring (bicyclic) bond motifs is 1. The van der Waals surface area contributed by atoms with Crippen LogP contribution in [0.4, 0.5) is 5.13 Å². The summed E-state index contributed by atoms with van der Waals surface area (Å²) in [4.78, 5) is 24.0. The van der Waals surface area contributed by atoms with Crippen LogP contribution in [0.5, 0.6) is 0 Å². The Hall–Kier alpha value is -3.35. The SMILES string of the molecule is Cc1ccc(-c2nc3ccccc3c(C(=O)Nc3nc(-c4cccs4)cs3)c2C)cc1. The minimum atomic E-state index is -0.170. The zero-order valence-electron chi connectivity index (χ0n) is 17.0. The van der Waals surface area contributed by atoms with Gasteiger partial charge in [0.15, 0.2) is 5.13 Å². The number of anilines is 1. The van der Waals surface area contributed by atoms with E-state index in [0.717, 1.165) is 38.3 Å². The molecule has 0 atom stereocenters. The van der Waals surface area contributed by atoms with Crippen molar-refractivity contribution >= 4 is 44.6 Å². The third kappa shape index (κ3) is 3.76. The maximum atomic E-state index is 13.4. The maximum absolute atomic E-state index is 13.4. The van der Waals surface area contributed by atoms with Crippen LogP contribution in [0.3, 0.4) is 0 Å². The van der Waals surface area contributed by atoms with Gasteiger partial charge >= 0.3 is 0 Å². The van der Waals surface area contributed by atoms with Crippen molar-refractivity contribution in [2.45, 2.75) is 13.8 Å². The average Bonchev–Trinajstić information content (AvgIpc) is 3.46. The summed E-state index contributed by atoms with van der Waals surface area (Å²) in [5.74, 6) is -0.170. The number of rotatable bonds is 4. The molecule has 0 fully saturated rings. The van der Waals surface area contributed by atoms with E-state index in [1.165, 1.54) is 16.9 Å². The van der Waals surface area contributed by atoms with Gasteiger partial charge in [-0.1, -0.05) is 54.1 Å². The average molecular weight is 442 g/mol. The molecule has 0 spiro atoms. The molecule has 2 aromatic carbocycles. The van der Waals surface area contributed by atoms with Gasteiger partial charge < -0.3 is 0 Å². The molecule has 0 saturated carbocycles. The molecule has 0 saturated heterocycles. The van der Waals surface area contributed by atoms with Crippen molar-refractivity contribution in [1.82, 2.24) is 9.97 Å². The van der Waals surface area contributed by atoms with E-state index in [4.69, 9.17) is 4.98 Å². The molecule has 1 amide bonds. The van der Waals surface area contributed by atoms with E-state index < -0.39 is 0 Å². The van der Waals surface area contributed by atoms with Crippen molar-refractivity contribution in [3.8, 4) is 21.8 Å². The van der Waals surface area contributed by atoms with Crippen LogP contribution >= 0.6 is 22.7 Å². The van der Waals surface area contributed by atoms with Gasteiger partial charge in [-0.2, -0.15) is 0 Å². The summed E-state index contributed by atoms with van der Waals surface area (Å²) in [6.45, 7) is 4.02. The van der Waals surface area contributed by atoms with Gasteiger partial charge in [0.05, 0.1) is 27.3 Å². The minimum Gasteiger partial charge on any atom is -0.298 e.